The van der Waals surface area contributed by atoms with E-state index in [0.717, 1.165) is 32.6 Å². The number of hydrogen-bond acceptors (Lipinski definition) is 3. The van der Waals surface area contributed by atoms with Gasteiger partial charge in [0.15, 0.2) is 0 Å². The highest BCUT2D eigenvalue weighted by Gasteiger charge is 2.32. The molecule has 0 spiro atoms. The summed E-state index contributed by atoms with van der Waals surface area (Å²) in [6.07, 6.45) is -3.01. The van der Waals surface area contributed by atoms with Crippen molar-refractivity contribution in [3.05, 3.63) is 0 Å². The molecule has 1 heterocycles. The van der Waals surface area contributed by atoms with Crippen molar-refractivity contribution in [2.75, 3.05) is 45.8 Å². The molecule has 1 aliphatic heterocycles. The van der Waals surface area contributed by atoms with Crippen molar-refractivity contribution in [1.29, 1.82) is 0 Å². The summed E-state index contributed by atoms with van der Waals surface area (Å²) in [6, 6.07) is 0. The first-order valence-corrected chi connectivity index (χ1v) is 6.98. The zero-order chi connectivity index (χ0) is 14.5. The molecule has 1 aliphatic rings. The Morgan fingerprint density at radius 1 is 1.00 bits per heavy atom. The quantitative estimate of drug-likeness (QED) is 0.803. The maximum absolute atomic E-state index is 12.2. The lowest BCUT2D eigenvalue weighted by Gasteiger charge is -2.35. The second kappa shape index (κ2) is 6.90. The number of alkyl halides is 3. The SMILES string of the molecule is CCC(C)(C)NCCN1CCN(CC(F)(F)F)CC1. The summed E-state index contributed by atoms with van der Waals surface area (Å²) in [5, 5.41) is 3.47. The third-order valence-electron chi connectivity index (χ3n) is 3.78. The highest BCUT2D eigenvalue weighted by molar-refractivity contribution is 4.78. The van der Waals surface area contributed by atoms with Gasteiger partial charge in [0.05, 0.1) is 6.54 Å². The van der Waals surface area contributed by atoms with E-state index in [4.69, 9.17) is 0 Å². The molecular weight excluding hydrogens is 255 g/mol. The molecular formula is C13H26F3N3. The molecule has 0 radical (unpaired) electrons. The molecule has 1 fully saturated rings. The summed E-state index contributed by atoms with van der Waals surface area (Å²) in [6.45, 7) is 9.96. The summed E-state index contributed by atoms with van der Waals surface area (Å²) in [4.78, 5) is 3.71. The van der Waals surface area contributed by atoms with Crippen LogP contribution in [0.5, 0.6) is 0 Å². The van der Waals surface area contributed by atoms with Gasteiger partial charge in [-0.1, -0.05) is 6.92 Å². The Morgan fingerprint density at radius 2 is 1.53 bits per heavy atom. The first-order valence-electron chi connectivity index (χ1n) is 6.98. The minimum absolute atomic E-state index is 0.137. The number of piperazine rings is 1. The van der Waals surface area contributed by atoms with Crippen LogP contribution in [0.4, 0.5) is 13.2 Å². The average molecular weight is 281 g/mol. The molecule has 114 valence electrons. The zero-order valence-electron chi connectivity index (χ0n) is 12.2. The Kier molecular flexibility index (Phi) is 6.08. The molecule has 0 aromatic heterocycles. The van der Waals surface area contributed by atoms with Gasteiger partial charge in [0.25, 0.3) is 0 Å². The lowest BCUT2D eigenvalue weighted by molar-refractivity contribution is -0.149. The predicted octanol–water partition coefficient (Wildman–Crippen LogP) is 1.94. The summed E-state index contributed by atoms with van der Waals surface area (Å²) < 4.78 is 36.7. The van der Waals surface area contributed by atoms with Crippen LogP contribution in [0.2, 0.25) is 0 Å². The largest absolute Gasteiger partial charge is 0.401 e. The molecule has 1 saturated heterocycles. The predicted molar refractivity (Wildman–Crippen MR) is 71.3 cm³/mol. The Labute approximate surface area is 114 Å². The van der Waals surface area contributed by atoms with E-state index in [1.807, 2.05) is 0 Å². The van der Waals surface area contributed by atoms with Crippen LogP contribution in [-0.4, -0.2) is 67.3 Å². The maximum Gasteiger partial charge on any atom is 0.401 e. The van der Waals surface area contributed by atoms with E-state index >= 15 is 0 Å². The minimum Gasteiger partial charge on any atom is -0.311 e. The highest BCUT2D eigenvalue weighted by Crippen LogP contribution is 2.17. The lowest BCUT2D eigenvalue weighted by atomic mass is 10.0. The van der Waals surface area contributed by atoms with Crippen molar-refractivity contribution < 1.29 is 13.2 Å². The fourth-order valence-corrected chi connectivity index (χ4v) is 2.10. The van der Waals surface area contributed by atoms with Gasteiger partial charge in [-0.25, -0.2) is 0 Å². The second-order valence-corrected chi connectivity index (χ2v) is 5.90. The molecule has 0 aromatic carbocycles. The van der Waals surface area contributed by atoms with Crippen LogP contribution in [0.3, 0.4) is 0 Å². The van der Waals surface area contributed by atoms with Gasteiger partial charge in [-0.2, -0.15) is 13.2 Å². The van der Waals surface area contributed by atoms with Gasteiger partial charge in [0.2, 0.25) is 0 Å². The van der Waals surface area contributed by atoms with Crippen LogP contribution in [0.15, 0.2) is 0 Å². The Balaban J connectivity index is 2.17. The van der Waals surface area contributed by atoms with Crippen molar-refractivity contribution in [1.82, 2.24) is 15.1 Å². The van der Waals surface area contributed by atoms with Gasteiger partial charge in [-0.15, -0.1) is 0 Å². The van der Waals surface area contributed by atoms with Gasteiger partial charge >= 0.3 is 6.18 Å². The Morgan fingerprint density at radius 3 is 2.00 bits per heavy atom. The molecule has 1 N–H and O–H groups in total. The molecule has 3 nitrogen and oxygen atoms in total. The Bertz CT molecular complexity index is 258. The normalized spacial score (nSPS) is 19.9. The molecule has 0 saturated carbocycles. The topological polar surface area (TPSA) is 18.5 Å². The van der Waals surface area contributed by atoms with E-state index in [9.17, 15) is 13.2 Å². The number of rotatable bonds is 6. The van der Waals surface area contributed by atoms with Crippen LogP contribution in [0.25, 0.3) is 0 Å². The van der Waals surface area contributed by atoms with E-state index < -0.39 is 12.7 Å². The molecule has 1 rings (SSSR count). The van der Waals surface area contributed by atoms with Crippen LogP contribution in [0, 0.1) is 0 Å². The summed E-state index contributed by atoms with van der Waals surface area (Å²) in [7, 11) is 0. The zero-order valence-corrected chi connectivity index (χ0v) is 12.2. The third kappa shape index (κ3) is 7.13. The molecule has 0 atom stereocenters. The average Bonchev–Trinajstić information content (AvgIpc) is 2.29. The van der Waals surface area contributed by atoms with Crippen LogP contribution >= 0.6 is 0 Å². The molecule has 0 amide bonds. The minimum atomic E-state index is -4.07. The van der Waals surface area contributed by atoms with Crippen molar-refractivity contribution >= 4 is 0 Å². The summed E-state index contributed by atoms with van der Waals surface area (Å²) in [5.41, 5.74) is 0.137. The Hall–Kier alpha value is -0.330. The van der Waals surface area contributed by atoms with Crippen molar-refractivity contribution in [3.63, 3.8) is 0 Å². The van der Waals surface area contributed by atoms with E-state index in [2.05, 4.69) is 31.0 Å². The second-order valence-electron chi connectivity index (χ2n) is 5.90. The van der Waals surface area contributed by atoms with E-state index in [1.54, 1.807) is 0 Å². The molecule has 6 heteroatoms. The van der Waals surface area contributed by atoms with Gasteiger partial charge in [0.1, 0.15) is 0 Å². The van der Waals surface area contributed by atoms with Crippen molar-refractivity contribution in [2.24, 2.45) is 0 Å². The van der Waals surface area contributed by atoms with E-state index in [-0.39, 0.29) is 5.54 Å². The van der Waals surface area contributed by atoms with Gasteiger partial charge in [-0.3, -0.25) is 9.80 Å². The first-order chi connectivity index (χ1) is 8.72. The third-order valence-corrected chi connectivity index (χ3v) is 3.78. The number of nitrogens with one attached hydrogen (secondary N) is 1. The number of halogens is 3. The summed E-state index contributed by atoms with van der Waals surface area (Å²) >= 11 is 0. The molecule has 0 aromatic rings. The molecule has 0 bridgehead atoms. The maximum atomic E-state index is 12.2. The van der Waals surface area contributed by atoms with Crippen molar-refractivity contribution in [3.8, 4) is 0 Å². The fourth-order valence-electron chi connectivity index (χ4n) is 2.10. The molecule has 0 unspecified atom stereocenters. The number of hydrogen-bond donors (Lipinski definition) is 1. The highest BCUT2D eigenvalue weighted by atomic mass is 19.4. The van der Waals surface area contributed by atoms with Gasteiger partial charge in [0, 0.05) is 44.8 Å². The molecule has 0 aliphatic carbocycles. The number of nitrogens with zero attached hydrogens (tertiary/aromatic N) is 2. The standard InChI is InChI=1S/C13H26F3N3/c1-4-12(2,3)17-5-6-18-7-9-19(10-8-18)11-13(14,15)16/h17H,4-11H2,1-3H3. The van der Waals surface area contributed by atoms with Crippen LogP contribution < -0.4 is 5.32 Å². The van der Waals surface area contributed by atoms with Crippen LogP contribution in [-0.2, 0) is 0 Å². The van der Waals surface area contributed by atoms with E-state index in [1.165, 1.54) is 4.90 Å². The van der Waals surface area contributed by atoms with Crippen molar-refractivity contribution in [2.45, 2.75) is 38.9 Å². The lowest BCUT2D eigenvalue weighted by Crippen LogP contribution is -2.51. The van der Waals surface area contributed by atoms with Gasteiger partial charge < -0.3 is 5.32 Å². The smallest absolute Gasteiger partial charge is 0.311 e. The van der Waals surface area contributed by atoms with Crippen LogP contribution in [0.1, 0.15) is 27.2 Å². The van der Waals surface area contributed by atoms with Gasteiger partial charge in [-0.05, 0) is 20.3 Å². The van der Waals surface area contributed by atoms with E-state index in [0.29, 0.717) is 13.1 Å². The molecule has 19 heavy (non-hydrogen) atoms. The monoisotopic (exact) mass is 281 g/mol. The fraction of sp³-hybridized carbons (Fsp3) is 1.00. The first kappa shape index (κ1) is 16.7. The summed E-state index contributed by atoms with van der Waals surface area (Å²) in [5.74, 6) is 0.